The number of hydrogen-bond donors (Lipinski definition) is 1. The predicted molar refractivity (Wildman–Crippen MR) is 87.3 cm³/mol. The molecule has 1 N–H and O–H groups in total. The highest BCUT2D eigenvalue weighted by molar-refractivity contribution is 5.48. The zero-order chi connectivity index (χ0) is 14.6. The average Bonchev–Trinajstić information content (AvgIpc) is 2.39. The van der Waals surface area contributed by atoms with Gasteiger partial charge in [0.25, 0.3) is 0 Å². The van der Waals surface area contributed by atoms with Crippen LogP contribution in [0.15, 0.2) is 24.3 Å². The van der Waals surface area contributed by atoms with Gasteiger partial charge in [0.2, 0.25) is 0 Å². The molecule has 0 unspecified atom stereocenters. The molecule has 0 bridgehead atoms. The van der Waals surface area contributed by atoms with Gasteiger partial charge in [-0.25, -0.2) is 0 Å². The summed E-state index contributed by atoms with van der Waals surface area (Å²) in [5.41, 5.74) is 3.07. The van der Waals surface area contributed by atoms with Gasteiger partial charge in [0.05, 0.1) is 0 Å². The van der Waals surface area contributed by atoms with Crippen LogP contribution in [0.2, 0.25) is 0 Å². The van der Waals surface area contributed by atoms with Gasteiger partial charge in [0, 0.05) is 45.0 Å². The molecular formula is C17H29N3. The smallest absolute Gasteiger partial charge is 0.0367 e. The first-order chi connectivity index (χ1) is 9.44. The number of likely N-dealkylation sites (N-methyl/N-ethyl adjacent to an activating group) is 1. The summed E-state index contributed by atoms with van der Waals surface area (Å²) in [7, 11) is 2.20. The van der Waals surface area contributed by atoms with Gasteiger partial charge >= 0.3 is 0 Å². The van der Waals surface area contributed by atoms with Crippen molar-refractivity contribution in [1.29, 1.82) is 0 Å². The molecule has 0 saturated carbocycles. The first-order valence-corrected chi connectivity index (χ1v) is 7.67. The zero-order valence-corrected chi connectivity index (χ0v) is 13.4. The number of piperazine rings is 1. The molecule has 3 heteroatoms. The van der Waals surface area contributed by atoms with Crippen molar-refractivity contribution in [2.24, 2.45) is 5.41 Å². The lowest BCUT2D eigenvalue weighted by atomic mass is 9.97. The Hall–Kier alpha value is -1.06. The summed E-state index contributed by atoms with van der Waals surface area (Å²) < 4.78 is 0. The fourth-order valence-electron chi connectivity index (χ4n) is 2.47. The molecule has 0 aromatic heterocycles. The summed E-state index contributed by atoms with van der Waals surface area (Å²) in [5.74, 6) is 0. The van der Waals surface area contributed by atoms with Gasteiger partial charge in [-0.3, -0.25) is 0 Å². The van der Waals surface area contributed by atoms with Gasteiger partial charge in [0.1, 0.15) is 0 Å². The van der Waals surface area contributed by atoms with Crippen molar-refractivity contribution in [3.05, 3.63) is 29.8 Å². The molecule has 1 heterocycles. The molecule has 1 saturated heterocycles. The van der Waals surface area contributed by atoms with Crippen molar-refractivity contribution in [2.75, 3.05) is 44.7 Å². The third kappa shape index (κ3) is 4.80. The maximum atomic E-state index is 3.53. The van der Waals surface area contributed by atoms with Gasteiger partial charge in [-0.1, -0.05) is 32.9 Å². The largest absolute Gasteiger partial charge is 0.369 e. The Labute approximate surface area is 124 Å². The molecule has 3 nitrogen and oxygen atoms in total. The average molecular weight is 275 g/mol. The Bertz CT molecular complexity index is 397. The second-order valence-electron chi connectivity index (χ2n) is 7.12. The molecule has 1 aromatic rings. The van der Waals surface area contributed by atoms with E-state index in [1.807, 2.05) is 0 Å². The second-order valence-corrected chi connectivity index (χ2v) is 7.12. The monoisotopic (exact) mass is 275 g/mol. The highest BCUT2D eigenvalue weighted by Crippen LogP contribution is 2.17. The summed E-state index contributed by atoms with van der Waals surface area (Å²) >= 11 is 0. The van der Waals surface area contributed by atoms with Crippen LogP contribution in [-0.2, 0) is 6.54 Å². The highest BCUT2D eigenvalue weighted by atomic mass is 15.2. The van der Waals surface area contributed by atoms with Crippen LogP contribution in [0.4, 0.5) is 5.69 Å². The van der Waals surface area contributed by atoms with Gasteiger partial charge in [-0.05, 0) is 30.2 Å². The Morgan fingerprint density at radius 3 is 2.15 bits per heavy atom. The van der Waals surface area contributed by atoms with Gasteiger partial charge < -0.3 is 15.1 Å². The minimum atomic E-state index is 0.347. The fourth-order valence-corrected chi connectivity index (χ4v) is 2.47. The van der Waals surface area contributed by atoms with E-state index in [2.05, 4.69) is 67.2 Å². The molecule has 0 atom stereocenters. The molecule has 112 valence electrons. The lowest BCUT2D eigenvalue weighted by Gasteiger charge is -2.34. The minimum Gasteiger partial charge on any atom is -0.369 e. The summed E-state index contributed by atoms with van der Waals surface area (Å²) in [4.78, 5) is 4.87. The van der Waals surface area contributed by atoms with Crippen LogP contribution >= 0.6 is 0 Å². The van der Waals surface area contributed by atoms with Gasteiger partial charge in [-0.2, -0.15) is 0 Å². The number of rotatable bonds is 4. The standard InChI is InChI=1S/C17H29N3/c1-17(2,3)14-18-13-15-5-7-16(8-6-15)20-11-9-19(4)10-12-20/h5-8,18H,9-14H2,1-4H3. The molecule has 20 heavy (non-hydrogen) atoms. The van der Waals surface area contributed by atoms with Crippen molar-refractivity contribution in [3.63, 3.8) is 0 Å². The Kier molecular flexibility index (Phi) is 5.06. The van der Waals surface area contributed by atoms with E-state index in [0.29, 0.717) is 5.41 Å². The molecule has 1 aliphatic rings. The minimum absolute atomic E-state index is 0.347. The summed E-state index contributed by atoms with van der Waals surface area (Å²) in [6.07, 6.45) is 0. The van der Waals surface area contributed by atoms with E-state index < -0.39 is 0 Å². The molecule has 2 rings (SSSR count). The van der Waals surface area contributed by atoms with E-state index in [-0.39, 0.29) is 0 Å². The highest BCUT2D eigenvalue weighted by Gasteiger charge is 2.14. The van der Waals surface area contributed by atoms with Crippen molar-refractivity contribution < 1.29 is 0 Å². The first kappa shape index (κ1) is 15.3. The predicted octanol–water partition coefficient (Wildman–Crippen LogP) is 2.57. The van der Waals surface area contributed by atoms with E-state index in [1.54, 1.807) is 0 Å². The Balaban J connectivity index is 1.83. The van der Waals surface area contributed by atoms with Crippen molar-refractivity contribution in [1.82, 2.24) is 10.2 Å². The molecule has 0 amide bonds. The number of nitrogens with one attached hydrogen (secondary N) is 1. The van der Waals surface area contributed by atoms with E-state index in [1.165, 1.54) is 11.3 Å². The summed E-state index contributed by atoms with van der Waals surface area (Å²) in [5, 5.41) is 3.53. The van der Waals surface area contributed by atoms with Gasteiger partial charge in [-0.15, -0.1) is 0 Å². The number of benzene rings is 1. The van der Waals surface area contributed by atoms with E-state index in [4.69, 9.17) is 0 Å². The molecule has 0 spiro atoms. The Morgan fingerprint density at radius 1 is 1.00 bits per heavy atom. The summed E-state index contributed by atoms with van der Waals surface area (Å²) in [6, 6.07) is 9.03. The third-order valence-electron chi connectivity index (χ3n) is 3.79. The first-order valence-electron chi connectivity index (χ1n) is 7.67. The normalized spacial score (nSPS) is 17.5. The molecule has 1 aliphatic heterocycles. The topological polar surface area (TPSA) is 18.5 Å². The SMILES string of the molecule is CN1CCN(c2ccc(CNCC(C)(C)C)cc2)CC1. The van der Waals surface area contributed by atoms with Crippen molar-refractivity contribution in [3.8, 4) is 0 Å². The van der Waals surface area contributed by atoms with Crippen LogP contribution in [0.1, 0.15) is 26.3 Å². The number of hydrogen-bond acceptors (Lipinski definition) is 3. The molecular weight excluding hydrogens is 246 g/mol. The van der Waals surface area contributed by atoms with Crippen LogP contribution in [-0.4, -0.2) is 44.7 Å². The molecule has 0 aliphatic carbocycles. The lowest BCUT2D eigenvalue weighted by Crippen LogP contribution is -2.44. The van der Waals surface area contributed by atoms with Crippen LogP contribution in [0, 0.1) is 5.41 Å². The quantitative estimate of drug-likeness (QED) is 0.911. The maximum Gasteiger partial charge on any atom is 0.0367 e. The number of nitrogens with zero attached hydrogens (tertiary/aromatic N) is 2. The van der Waals surface area contributed by atoms with Crippen LogP contribution < -0.4 is 10.2 Å². The zero-order valence-electron chi connectivity index (χ0n) is 13.4. The van der Waals surface area contributed by atoms with Crippen LogP contribution in [0.5, 0.6) is 0 Å². The van der Waals surface area contributed by atoms with Crippen LogP contribution in [0.3, 0.4) is 0 Å². The Morgan fingerprint density at radius 2 is 1.60 bits per heavy atom. The number of anilines is 1. The van der Waals surface area contributed by atoms with Crippen LogP contribution in [0.25, 0.3) is 0 Å². The third-order valence-corrected chi connectivity index (χ3v) is 3.79. The van der Waals surface area contributed by atoms with E-state index >= 15 is 0 Å². The summed E-state index contributed by atoms with van der Waals surface area (Å²) in [6.45, 7) is 13.4. The van der Waals surface area contributed by atoms with Crippen molar-refractivity contribution in [2.45, 2.75) is 27.3 Å². The van der Waals surface area contributed by atoms with Crippen molar-refractivity contribution >= 4 is 5.69 Å². The maximum absolute atomic E-state index is 3.53. The molecule has 0 radical (unpaired) electrons. The second kappa shape index (κ2) is 6.59. The van der Waals surface area contributed by atoms with Gasteiger partial charge in [0.15, 0.2) is 0 Å². The fraction of sp³-hybridized carbons (Fsp3) is 0.647. The molecule has 1 fully saturated rings. The van der Waals surface area contributed by atoms with E-state index in [0.717, 1.165) is 39.3 Å². The molecule has 1 aromatic carbocycles. The van der Waals surface area contributed by atoms with E-state index in [9.17, 15) is 0 Å². The lowest BCUT2D eigenvalue weighted by molar-refractivity contribution is 0.313.